The van der Waals surface area contributed by atoms with E-state index in [4.69, 9.17) is 18.9 Å². The molecule has 1 aromatic carbocycles. The number of hydrogen-bond acceptors (Lipinski definition) is 7. The van der Waals surface area contributed by atoms with E-state index in [1.807, 2.05) is 0 Å². The molecule has 1 heterocycles. The van der Waals surface area contributed by atoms with Gasteiger partial charge in [0.1, 0.15) is 6.61 Å². The van der Waals surface area contributed by atoms with Gasteiger partial charge in [0.05, 0.1) is 31.0 Å². The quantitative estimate of drug-likeness (QED) is 0.652. The lowest BCUT2D eigenvalue weighted by molar-refractivity contribution is -0.145. The highest BCUT2D eigenvalue weighted by atomic mass is 16.6. The Kier molecular flexibility index (Phi) is 7.04. The predicted octanol–water partition coefficient (Wildman–Crippen LogP) is 1.14. The number of methoxy groups -OCH3 is 1. The van der Waals surface area contributed by atoms with Crippen molar-refractivity contribution >= 4 is 18.0 Å². The second-order valence-corrected chi connectivity index (χ2v) is 5.53. The Morgan fingerprint density at radius 3 is 2.52 bits per heavy atom. The molecule has 0 saturated heterocycles. The fourth-order valence-corrected chi connectivity index (χ4v) is 2.46. The lowest BCUT2D eigenvalue weighted by Gasteiger charge is -2.26. The van der Waals surface area contributed by atoms with Gasteiger partial charge in [0.25, 0.3) is 0 Å². The van der Waals surface area contributed by atoms with E-state index in [1.165, 1.54) is 7.11 Å². The number of para-hydroxylation sites is 2. The van der Waals surface area contributed by atoms with Crippen LogP contribution in [0.2, 0.25) is 0 Å². The van der Waals surface area contributed by atoms with Gasteiger partial charge in [-0.2, -0.15) is 0 Å². The topological polar surface area (TPSA) is 112 Å². The SMILES string of the molecule is CCOC(=O)C1=C(COC(=O)COc2ccccc2OC)NC(=O)N[C@@H]1C. The van der Waals surface area contributed by atoms with Gasteiger partial charge in [0.15, 0.2) is 18.1 Å². The van der Waals surface area contributed by atoms with E-state index in [0.717, 1.165) is 0 Å². The average molecular weight is 378 g/mol. The lowest BCUT2D eigenvalue weighted by atomic mass is 10.0. The largest absolute Gasteiger partial charge is 0.493 e. The highest BCUT2D eigenvalue weighted by Crippen LogP contribution is 2.25. The molecule has 1 aliphatic heterocycles. The number of urea groups is 1. The zero-order valence-electron chi connectivity index (χ0n) is 15.4. The lowest BCUT2D eigenvalue weighted by Crippen LogP contribution is -2.50. The highest BCUT2D eigenvalue weighted by molar-refractivity contribution is 5.94. The van der Waals surface area contributed by atoms with Crippen molar-refractivity contribution in [2.75, 3.05) is 26.9 Å². The van der Waals surface area contributed by atoms with Crippen molar-refractivity contribution in [3.63, 3.8) is 0 Å². The number of carbonyl (C=O) groups is 3. The van der Waals surface area contributed by atoms with Crippen molar-refractivity contribution in [3.8, 4) is 11.5 Å². The van der Waals surface area contributed by atoms with Crippen LogP contribution in [-0.2, 0) is 19.1 Å². The molecule has 1 atom stereocenters. The summed E-state index contributed by atoms with van der Waals surface area (Å²) in [5, 5.41) is 5.03. The van der Waals surface area contributed by atoms with Crippen molar-refractivity contribution < 1.29 is 33.3 Å². The summed E-state index contributed by atoms with van der Waals surface area (Å²) in [6.07, 6.45) is 0. The Morgan fingerprint density at radius 2 is 1.85 bits per heavy atom. The second kappa shape index (κ2) is 9.46. The molecule has 0 saturated carbocycles. The normalized spacial score (nSPS) is 16.1. The van der Waals surface area contributed by atoms with Crippen LogP contribution in [0.3, 0.4) is 0 Å². The molecule has 0 fully saturated rings. The van der Waals surface area contributed by atoms with Crippen LogP contribution in [-0.4, -0.2) is 50.9 Å². The van der Waals surface area contributed by atoms with Crippen LogP contribution < -0.4 is 20.1 Å². The molecule has 9 heteroatoms. The first-order chi connectivity index (χ1) is 13.0. The summed E-state index contributed by atoms with van der Waals surface area (Å²) in [5.41, 5.74) is 0.380. The summed E-state index contributed by atoms with van der Waals surface area (Å²) >= 11 is 0. The molecule has 27 heavy (non-hydrogen) atoms. The molecule has 1 aliphatic rings. The molecule has 2 amide bonds. The van der Waals surface area contributed by atoms with Gasteiger partial charge < -0.3 is 29.6 Å². The van der Waals surface area contributed by atoms with Crippen LogP contribution in [0.4, 0.5) is 4.79 Å². The fourth-order valence-electron chi connectivity index (χ4n) is 2.46. The van der Waals surface area contributed by atoms with E-state index in [0.29, 0.717) is 11.5 Å². The Labute approximate surface area is 156 Å². The summed E-state index contributed by atoms with van der Waals surface area (Å²) in [5.74, 6) is -0.380. The van der Waals surface area contributed by atoms with E-state index in [2.05, 4.69) is 10.6 Å². The minimum atomic E-state index is -0.669. The van der Waals surface area contributed by atoms with Crippen LogP contribution in [0.1, 0.15) is 13.8 Å². The van der Waals surface area contributed by atoms with Crippen molar-refractivity contribution in [2.45, 2.75) is 19.9 Å². The van der Waals surface area contributed by atoms with Crippen LogP contribution in [0.5, 0.6) is 11.5 Å². The van der Waals surface area contributed by atoms with Crippen LogP contribution in [0.25, 0.3) is 0 Å². The van der Waals surface area contributed by atoms with Crippen molar-refractivity contribution in [1.29, 1.82) is 0 Å². The van der Waals surface area contributed by atoms with E-state index < -0.39 is 24.0 Å². The van der Waals surface area contributed by atoms with Gasteiger partial charge in [-0.25, -0.2) is 14.4 Å². The highest BCUT2D eigenvalue weighted by Gasteiger charge is 2.30. The van der Waals surface area contributed by atoms with Gasteiger partial charge in [-0.05, 0) is 26.0 Å². The molecule has 1 aromatic rings. The Hall–Kier alpha value is -3.23. The van der Waals surface area contributed by atoms with Gasteiger partial charge >= 0.3 is 18.0 Å². The number of amides is 2. The van der Waals surface area contributed by atoms with Crippen molar-refractivity contribution in [2.24, 2.45) is 0 Å². The summed E-state index contributed by atoms with van der Waals surface area (Å²) in [6, 6.07) is 5.80. The van der Waals surface area contributed by atoms with Gasteiger partial charge in [0.2, 0.25) is 0 Å². The number of rotatable bonds is 8. The Bertz CT molecular complexity index is 745. The zero-order chi connectivity index (χ0) is 19.8. The number of esters is 2. The van der Waals surface area contributed by atoms with Gasteiger partial charge in [-0.1, -0.05) is 12.1 Å². The van der Waals surface area contributed by atoms with E-state index in [9.17, 15) is 14.4 Å². The maximum Gasteiger partial charge on any atom is 0.344 e. The molecule has 0 unspecified atom stereocenters. The fraction of sp³-hybridized carbons (Fsp3) is 0.389. The number of nitrogens with one attached hydrogen (secondary N) is 2. The summed E-state index contributed by atoms with van der Waals surface area (Å²) in [6.45, 7) is 2.84. The summed E-state index contributed by atoms with van der Waals surface area (Å²) in [7, 11) is 1.49. The predicted molar refractivity (Wildman–Crippen MR) is 94.2 cm³/mol. The van der Waals surface area contributed by atoms with Crippen LogP contribution in [0, 0.1) is 0 Å². The van der Waals surface area contributed by atoms with E-state index in [-0.39, 0.29) is 31.1 Å². The third-order valence-corrected chi connectivity index (χ3v) is 3.66. The van der Waals surface area contributed by atoms with Crippen LogP contribution in [0.15, 0.2) is 35.5 Å². The van der Waals surface area contributed by atoms with E-state index in [1.54, 1.807) is 38.1 Å². The number of benzene rings is 1. The van der Waals surface area contributed by atoms with Crippen molar-refractivity contribution in [1.82, 2.24) is 10.6 Å². The molecule has 146 valence electrons. The second-order valence-electron chi connectivity index (χ2n) is 5.53. The molecule has 0 radical (unpaired) electrons. The molecule has 0 bridgehead atoms. The zero-order valence-corrected chi connectivity index (χ0v) is 15.4. The van der Waals surface area contributed by atoms with Gasteiger partial charge in [-0.3, -0.25) is 0 Å². The van der Waals surface area contributed by atoms with Crippen LogP contribution >= 0.6 is 0 Å². The molecule has 0 spiro atoms. The minimum Gasteiger partial charge on any atom is -0.493 e. The monoisotopic (exact) mass is 378 g/mol. The van der Waals surface area contributed by atoms with Crippen molar-refractivity contribution in [3.05, 3.63) is 35.5 Å². The first-order valence-corrected chi connectivity index (χ1v) is 8.35. The maximum absolute atomic E-state index is 12.1. The first-order valence-electron chi connectivity index (χ1n) is 8.35. The average Bonchev–Trinajstić information content (AvgIpc) is 2.64. The van der Waals surface area contributed by atoms with Gasteiger partial charge in [-0.15, -0.1) is 0 Å². The minimum absolute atomic E-state index is 0.176. The molecule has 2 rings (SSSR count). The van der Waals surface area contributed by atoms with Gasteiger partial charge in [0, 0.05) is 0 Å². The van der Waals surface area contributed by atoms with E-state index >= 15 is 0 Å². The molecule has 0 aliphatic carbocycles. The Balaban J connectivity index is 1.99. The maximum atomic E-state index is 12.1. The molecular weight excluding hydrogens is 356 g/mol. The summed E-state index contributed by atoms with van der Waals surface area (Å²) < 4.78 is 20.6. The molecule has 9 nitrogen and oxygen atoms in total. The Morgan fingerprint density at radius 1 is 1.15 bits per heavy atom. The number of hydrogen-bond donors (Lipinski definition) is 2. The molecule has 0 aromatic heterocycles. The third-order valence-electron chi connectivity index (χ3n) is 3.66. The third kappa shape index (κ3) is 5.37. The standard InChI is InChI=1S/C18H22N2O7/c1-4-25-17(22)16-11(2)19-18(23)20-12(16)9-27-15(21)10-26-14-8-6-5-7-13(14)24-3/h5-8,11H,4,9-10H2,1-3H3,(H2,19,20,23)/t11-/m1/s1. The summed E-state index contributed by atoms with van der Waals surface area (Å²) in [4.78, 5) is 35.7. The smallest absolute Gasteiger partial charge is 0.344 e. The number of carbonyl (C=O) groups excluding carboxylic acids is 3. The molecule has 2 N–H and O–H groups in total. The first kappa shape index (κ1) is 20.1. The number of ether oxygens (including phenoxy) is 4. The molecular formula is C18H22N2O7.